The number of rotatable bonds is 18. The Morgan fingerprint density at radius 2 is 0.385 bits per heavy atom. The molecule has 0 spiro atoms. The van der Waals surface area contributed by atoms with Gasteiger partial charge < -0.3 is 0 Å². The highest BCUT2D eigenvalue weighted by Crippen LogP contribution is 3.42. The quantitative estimate of drug-likeness (QED) is 0.120. The zero-order valence-corrected chi connectivity index (χ0v) is 60.3. The summed E-state index contributed by atoms with van der Waals surface area (Å²) in [6.45, 7) is -1.30. The fraction of sp³-hybridized carbons (Fsp3) is 0. The molecule has 0 aromatic rings. The van der Waals surface area contributed by atoms with Crippen LogP contribution in [0.5, 0.6) is 0 Å². The van der Waals surface area contributed by atoms with Gasteiger partial charge in [-0.15, -0.1) is 179 Å². The van der Waals surface area contributed by atoms with E-state index in [1.54, 1.807) is 0 Å². The van der Waals surface area contributed by atoms with Crippen molar-refractivity contribution in [3.05, 3.63) is 0 Å². The third-order valence-corrected chi connectivity index (χ3v) is 268. The summed E-state index contributed by atoms with van der Waals surface area (Å²) in [6.07, 6.45) is 0. The third-order valence-electron chi connectivity index (χ3n) is 3.30. The first-order valence-corrected chi connectivity index (χ1v) is 79.4. The summed E-state index contributed by atoms with van der Waals surface area (Å²) < 4.78 is 0. The molecule has 0 aliphatic rings. The molecule has 0 amide bonds. The standard InChI is InChI=1S/H41P39/c1-21-31(20)36(30(18)19)39(37(32(22(2)3)23(4)5)33(24(6)7)25(8)9)38(34(26(10)11)27(12)13)35(28(14)15)29(16)17/h21H,1-20H2. The van der Waals surface area contributed by atoms with Gasteiger partial charge in [0.2, 0.25) is 0 Å². The van der Waals surface area contributed by atoms with Crippen molar-refractivity contribution < 1.29 is 0 Å². The molecule has 0 aromatic heterocycles. The van der Waals surface area contributed by atoms with Crippen LogP contribution in [0.1, 0.15) is 0 Å². The fourth-order valence-corrected chi connectivity index (χ4v) is 535. The Hall–Kier alpha value is 16.8. The van der Waals surface area contributed by atoms with E-state index in [1.165, 1.54) is 0 Å². The van der Waals surface area contributed by atoms with Crippen LogP contribution in [0, 0.1) is 0 Å². The van der Waals surface area contributed by atoms with Crippen LogP contribution in [0.2, 0.25) is 0 Å². The van der Waals surface area contributed by atoms with E-state index in [4.69, 9.17) is 0 Å². The smallest absolute Gasteiger partial charge is 0.000159 e. The van der Waals surface area contributed by atoms with E-state index in [1.807, 2.05) is 0 Å². The van der Waals surface area contributed by atoms with Gasteiger partial charge >= 0.3 is 0 Å². The Morgan fingerprint density at radius 1 is 0.231 bits per heavy atom. The second kappa shape index (κ2) is 30.7. The summed E-state index contributed by atoms with van der Waals surface area (Å²) >= 11 is 0. The van der Waals surface area contributed by atoms with E-state index in [2.05, 4.69) is 179 Å². The molecule has 23 unspecified atom stereocenters. The first-order valence-electron chi connectivity index (χ1n) is 8.82. The third kappa shape index (κ3) is 20.3. The Bertz CT molecular complexity index is 502. The highest BCUT2D eigenvalue weighted by molar-refractivity contribution is 9.48. The predicted octanol–water partition coefficient (Wildman–Crippen LogP) is 22.6. The van der Waals surface area contributed by atoms with Crippen LogP contribution in [0.3, 0.4) is 0 Å². The molecule has 236 valence electrons. The van der Waals surface area contributed by atoms with E-state index in [-0.39, 0.29) is 126 Å². The molecule has 39 heavy (non-hydrogen) atoms. The van der Waals surface area contributed by atoms with Gasteiger partial charge in [0, 0.05) is 0 Å². The molecule has 0 aliphatic heterocycles. The Labute approximate surface area is 308 Å². The van der Waals surface area contributed by atoms with Crippen LogP contribution >= 0.6 is 312 Å². The Kier molecular flexibility index (Phi) is 44.0. The van der Waals surface area contributed by atoms with Crippen LogP contribution in [0.4, 0.5) is 0 Å². The number of hydrogen-bond donors (Lipinski definition) is 0. The van der Waals surface area contributed by atoms with E-state index in [0.29, 0.717) is 0 Å². The molecule has 0 aliphatic carbocycles. The number of hydrogen-bond acceptors (Lipinski definition) is 0. The Balaban J connectivity index is 8.23. The SMILES string of the molecule is PPP(P)P(P(P)P)P(P(P(P(P)P)P(P)P)P(P(P)P)P(P)P)P(P(P(P)P)P(P)P)P(P(P)P)P(P)P. The van der Waals surface area contributed by atoms with Crippen LogP contribution in [0.15, 0.2) is 0 Å². The normalized spacial score (nSPS) is 16.0. The molecule has 0 heterocycles. The maximum absolute atomic E-state index is 3.50. The van der Waals surface area contributed by atoms with E-state index in [9.17, 15) is 0 Å². The minimum absolute atomic E-state index is 0.0190. The zero-order chi connectivity index (χ0) is 31.1. The zero-order valence-electron chi connectivity index (χ0n) is 20.1. The van der Waals surface area contributed by atoms with Crippen molar-refractivity contribution in [1.82, 2.24) is 0 Å². The molecule has 0 N–H and O–H groups in total. The van der Waals surface area contributed by atoms with E-state index >= 15 is 0 Å². The van der Waals surface area contributed by atoms with Crippen molar-refractivity contribution in [2.45, 2.75) is 0 Å². The largest absolute Gasteiger partial charge is 0.109 e. The molecule has 0 radical (unpaired) electrons. The second-order valence-electron chi connectivity index (χ2n) is 6.04. The van der Waals surface area contributed by atoms with Gasteiger partial charge in [-0.05, 0) is 126 Å². The maximum Gasteiger partial charge on any atom is -0.000159 e. The molecule has 0 saturated carbocycles. The van der Waals surface area contributed by atoms with Crippen molar-refractivity contribution in [2.75, 3.05) is 0 Å². The summed E-state index contributed by atoms with van der Waals surface area (Å²) in [5, 5.41) is 0. The average molecular weight is 1250 g/mol. The topological polar surface area (TPSA) is 0 Å². The first-order chi connectivity index (χ1) is 17.8. The molecule has 0 aromatic carbocycles. The van der Waals surface area contributed by atoms with Gasteiger partial charge in [0.25, 0.3) is 0 Å². The van der Waals surface area contributed by atoms with Crippen molar-refractivity contribution in [3.8, 4) is 0 Å². The van der Waals surface area contributed by atoms with E-state index in [0.717, 1.165) is 7.96 Å². The lowest BCUT2D eigenvalue weighted by molar-refractivity contribution is 4.38. The van der Waals surface area contributed by atoms with Gasteiger partial charge in [-0.3, -0.25) is 0 Å². The fourth-order valence-electron chi connectivity index (χ4n) is 2.20. The maximum atomic E-state index is 3.50. The van der Waals surface area contributed by atoms with Crippen molar-refractivity contribution >= 4 is 312 Å². The lowest BCUT2D eigenvalue weighted by Gasteiger charge is -2.55. The molecule has 0 rings (SSSR count). The highest BCUT2D eigenvalue weighted by atomic mass is 33.5. The van der Waals surface area contributed by atoms with Gasteiger partial charge in [-0.2, -0.15) is 0 Å². The minimum atomic E-state index is -0.115. The van der Waals surface area contributed by atoms with Crippen LogP contribution in [-0.4, -0.2) is 0 Å². The average Bonchev–Trinajstić information content (AvgIpc) is 2.73. The predicted molar refractivity (Wildman–Crippen MR) is 327 cm³/mol. The van der Waals surface area contributed by atoms with Crippen molar-refractivity contribution in [3.63, 3.8) is 0 Å². The van der Waals surface area contributed by atoms with Crippen LogP contribution in [0.25, 0.3) is 0 Å². The van der Waals surface area contributed by atoms with Gasteiger partial charge in [0.15, 0.2) is 0 Å². The monoisotopic (exact) mass is 1250 g/mol. The molecule has 0 fully saturated rings. The van der Waals surface area contributed by atoms with Gasteiger partial charge in [-0.25, -0.2) is 0 Å². The van der Waals surface area contributed by atoms with Gasteiger partial charge in [0.1, 0.15) is 0 Å². The molecule has 0 saturated heterocycles. The highest BCUT2D eigenvalue weighted by Gasteiger charge is 2.54. The molecular weight excluding hydrogens is 1210 g/mol. The summed E-state index contributed by atoms with van der Waals surface area (Å²) in [6, 6.07) is 0. The van der Waals surface area contributed by atoms with Gasteiger partial charge in [-0.1, -0.05) is 7.96 Å². The first kappa shape index (κ1) is 55.8. The molecule has 0 bridgehead atoms. The van der Waals surface area contributed by atoms with Crippen molar-refractivity contribution in [2.24, 2.45) is 0 Å². The molecule has 39 heteroatoms. The molecule has 0 nitrogen and oxygen atoms in total. The molecular formula is H41P39. The van der Waals surface area contributed by atoms with Crippen molar-refractivity contribution in [1.29, 1.82) is 0 Å². The summed E-state index contributed by atoms with van der Waals surface area (Å²) in [4.78, 5) is 0. The second-order valence-corrected chi connectivity index (χ2v) is 163. The summed E-state index contributed by atoms with van der Waals surface area (Å²) in [5.74, 6) is 0. The lowest BCUT2D eigenvalue weighted by Crippen LogP contribution is -1.68. The van der Waals surface area contributed by atoms with Gasteiger partial charge in [0.05, 0.1) is 0 Å². The summed E-state index contributed by atoms with van der Waals surface area (Å²) in [7, 11) is 68.7. The lowest BCUT2D eigenvalue weighted by atomic mass is 28.4. The Morgan fingerprint density at radius 3 is 0.513 bits per heavy atom. The van der Waals surface area contributed by atoms with E-state index < -0.39 is 0 Å². The van der Waals surface area contributed by atoms with Crippen LogP contribution < -0.4 is 0 Å². The van der Waals surface area contributed by atoms with Crippen LogP contribution in [-0.2, 0) is 0 Å². The summed E-state index contributed by atoms with van der Waals surface area (Å²) in [5.41, 5.74) is 0. The molecule has 23 atom stereocenters. The minimum Gasteiger partial charge on any atom is -0.109 e.